The molecule has 0 bridgehead atoms. The van der Waals surface area contributed by atoms with E-state index in [1.807, 2.05) is 53.4 Å². The van der Waals surface area contributed by atoms with E-state index in [9.17, 15) is 14.7 Å². The Morgan fingerprint density at radius 3 is 2.39 bits per heavy atom. The highest BCUT2D eigenvalue weighted by Crippen LogP contribution is 2.41. The maximum absolute atomic E-state index is 13.7. The normalized spacial score (nSPS) is 24.6. The summed E-state index contributed by atoms with van der Waals surface area (Å²) in [5.74, 6) is 1.14. The van der Waals surface area contributed by atoms with Crippen LogP contribution >= 0.6 is 0 Å². The number of nitrogens with zero attached hydrogens (tertiary/aromatic N) is 3. The standard InChI is InChI=1S/C25H29N3O5/c1-32-20-8-6-17(7-9-20)13-27-23(30)22-11-19(29)14-28(22)25(24(27)31)15-26(16-25)12-18-4-3-5-21(10-18)33-2/h3-10,19,22,29H,11-16H2,1-2H3/t19-,22+/m1/s1. The van der Waals surface area contributed by atoms with Gasteiger partial charge in [0.1, 0.15) is 17.0 Å². The number of carbonyl (C=O) groups excluding carboxylic acids is 2. The summed E-state index contributed by atoms with van der Waals surface area (Å²) in [5.41, 5.74) is 1.20. The van der Waals surface area contributed by atoms with E-state index >= 15 is 0 Å². The maximum Gasteiger partial charge on any atom is 0.252 e. The van der Waals surface area contributed by atoms with Crippen molar-refractivity contribution in [2.45, 2.75) is 37.2 Å². The third-order valence-electron chi connectivity index (χ3n) is 7.03. The van der Waals surface area contributed by atoms with Gasteiger partial charge in [-0.3, -0.25) is 24.3 Å². The lowest BCUT2D eigenvalue weighted by atomic mass is 9.82. The third kappa shape index (κ3) is 3.78. The molecule has 2 amide bonds. The summed E-state index contributed by atoms with van der Waals surface area (Å²) in [4.78, 5) is 32.5. The van der Waals surface area contributed by atoms with Crippen molar-refractivity contribution in [1.82, 2.24) is 14.7 Å². The fourth-order valence-electron chi connectivity index (χ4n) is 5.39. The van der Waals surface area contributed by atoms with Gasteiger partial charge >= 0.3 is 0 Å². The number of likely N-dealkylation sites (tertiary alicyclic amines) is 1. The van der Waals surface area contributed by atoms with Crippen molar-refractivity contribution in [2.24, 2.45) is 0 Å². The summed E-state index contributed by atoms with van der Waals surface area (Å²) >= 11 is 0. The van der Waals surface area contributed by atoms with E-state index in [4.69, 9.17) is 9.47 Å². The van der Waals surface area contributed by atoms with Crippen LogP contribution in [-0.4, -0.2) is 83.2 Å². The Hall–Kier alpha value is -2.94. The van der Waals surface area contributed by atoms with Gasteiger partial charge < -0.3 is 14.6 Å². The Balaban J connectivity index is 1.36. The number of hydrogen-bond donors (Lipinski definition) is 1. The largest absolute Gasteiger partial charge is 0.497 e. The predicted octanol–water partition coefficient (Wildman–Crippen LogP) is 1.26. The summed E-state index contributed by atoms with van der Waals surface area (Å²) in [5, 5.41) is 10.3. The van der Waals surface area contributed by atoms with E-state index in [1.54, 1.807) is 14.2 Å². The number of rotatable bonds is 6. The zero-order valence-electron chi connectivity index (χ0n) is 18.9. The molecule has 8 heteroatoms. The molecule has 3 fully saturated rings. The summed E-state index contributed by atoms with van der Waals surface area (Å²) < 4.78 is 10.5. The molecule has 5 rings (SSSR count). The lowest BCUT2D eigenvalue weighted by Gasteiger charge is -2.58. The molecule has 2 aromatic carbocycles. The Morgan fingerprint density at radius 1 is 0.970 bits per heavy atom. The van der Waals surface area contributed by atoms with Gasteiger partial charge in [0, 0.05) is 26.2 Å². The molecule has 8 nitrogen and oxygen atoms in total. The van der Waals surface area contributed by atoms with E-state index < -0.39 is 17.7 Å². The molecule has 1 spiro atoms. The van der Waals surface area contributed by atoms with E-state index in [0.29, 0.717) is 32.6 Å². The molecule has 174 valence electrons. The zero-order chi connectivity index (χ0) is 23.2. The summed E-state index contributed by atoms with van der Waals surface area (Å²) in [6, 6.07) is 14.8. The van der Waals surface area contributed by atoms with Crippen LogP contribution in [0.3, 0.4) is 0 Å². The van der Waals surface area contributed by atoms with Gasteiger partial charge in [-0.15, -0.1) is 0 Å². The number of fused-ring (bicyclic) bond motifs is 2. The van der Waals surface area contributed by atoms with Crippen molar-refractivity contribution < 1.29 is 24.2 Å². The molecule has 0 aromatic heterocycles. The van der Waals surface area contributed by atoms with Gasteiger partial charge in [0.2, 0.25) is 5.91 Å². The highest BCUT2D eigenvalue weighted by Gasteiger charge is 2.64. The van der Waals surface area contributed by atoms with Crippen LogP contribution in [0.25, 0.3) is 0 Å². The minimum Gasteiger partial charge on any atom is -0.497 e. The van der Waals surface area contributed by atoms with E-state index in [0.717, 1.165) is 22.6 Å². The maximum atomic E-state index is 13.7. The van der Waals surface area contributed by atoms with E-state index in [-0.39, 0.29) is 18.4 Å². The second kappa shape index (κ2) is 8.44. The van der Waals surface area contributed by atoms with Gasteiger partial charge in [0.05, 0.1) is 32.9 Å². The van der Waals surface area contributed by atoms with Crippen molar-refractivity contribution in [3.05, 3.63) is 59.7 Å². The second-order valence-electron chi connectivity index (χ2n) is 9.16. The number of benzene rings is 2. The number of imide groups is 1. The van der Waals surface area contributed by atoms with Gasteiger partial charge in [0.25, 0.3) is 5.91 Å². The first-order chi connectivity index (χ1) is 15.9. The lowest BCUT2D eigenvalue weighted by Crippen LogP contribution is -2.81. The summed E-state index contributed by atoms with van der Waals surface area (Å²) in [6.07, 6.45) is -0.236. The molecular weight excluding hydrogens is 422 g/mol. The molecule has 2 aromatic rings. The molecule has 0 saturated carbocycles. The first-order valence-corrected chi connectivity index (χ1v) is 11.2. The molecule has 2 atom stereocenters. The fraction of sp³-hybridized carbons (Fsp3) is 0.440. The number of piperazine rings is 1. The third-order valence-corrected chi connectivity index (χ3v) is 7.03. The Labute approximate surface area is 193 Å². The van der Waals surface area contributed by atoms with Crippen molar-refractivity contribution >= 4 is 11.8 Å². The number of hydrogen-bond acceptors (Lipinski definition) is 7. The first kappa shape index (κ1) is 21.9. The van der Waals surface area contributed by atoms with Gasteiger partial charge in [-0.1, -0.05) is 24.3 Å². The molecule has 0 radical (unpaired) electrons. The van der Waals surface area contributed by atoms with Gasteiger partial charge in [-0.05, 0) is 41.8 Å². The minimum atomic E-state index is -0.776. The number of aliphatic hydroxyl groups is 1. The number of aliphatic hydroxyl groups excluding tert-OH is 1. The quantitative estimate of drug-likeness (QED) is 0.662. The Kier molecular flexibility index (Phi) is 5.60. The van der Waals surface area contributed by atoms with Crippen LogP contribution in [0.2, 0.25) is 0 Å². The van der Waals surface area contributed by atoms with Crippen molar-refractivity contribution in [3.63, 3.8) is 0 Å². The highest BCUT2D eigenvalue weighted by atomic mass is 16.5. The number of amides is 2. The van der Waals surface area contributed by atoms with E-state index in [1.165, 1.54) is 4.90 Å². The average molecular weight is 452 g/mol. The van der Waals surface area contributed by atoms with Crippen LogP contribution in [0, 0.1) is 0 Å². The molecule has 33 heavy (non-hydrogen) atoms. The zero-order valence-corrected chi connectivity index (χ0v) is 18.9. The van der Waals surface area contributed by atoms with Crippen molar-refractivity contribution in [2.75, 3.05) is 33.9 Å². The SMILES string of the molecule is COc1ccc(CN2C(=O)[C@@H]3C[C@@H](O)CN3C3(CN(Cc4cccc(OC)c4)C3)C2=O)cc1. The monoisotopic (exact) mass is 451 g/mol. The minimum absolute atomic E-state index is 0.171. The van der Waals surface area contributed by atoms with Crippen LogP contribution in [0.15, 0.2) is 48.5 Å². The van der Waals surface area contributed by atoms with Crippen LogP contribution in [0.1, 0.15) is 17.5 Å². The predicted molar refractivity (Wildman–Crippen MR) is 121 cm³/mol. The number of methoxy groups -OCH3 is 2. The molecule has 3 aliphatic rings. The van der Waals surface area contributed by atoms with Crippen LogP contribution in [0.5, 0.6) is 11.5 Å². The number of β-amino-alcohol motifs (C(OH)–C–C–N with tert-alkyl or cyclic N) is 1. The molecule has 3 heterocycles. The van der Waals surface area contributed by atoms with Crippen LogP contribution < -0.4 is 9.47 Å². The Morgan fingerprint density at radius 2 is 1.70 bits per heavy atom. The smallest absolute Gasteiger partial charge is 0.252 e. The highest BCUT2D eigenvalue weighted by molar-refractivity contribution is 6.06. The summed E-state index contributed by atoms with van der Waals surface area (Å²) in [6.45, 7) is 2.32. The average Bonchev–Trinajstić information content (AvgIpc) is 3.20. The second-order valence-corrected chi connectivity index (χ2v) is 9.16. The van der Waals surface area contributed by atoms with Gasteiger partial charge in [-0.2, -0.15) is 0 Å². The molecule has 1 N–H and O–H groups in total. The topological polar surface area (TPSA) is 82.6 Å². The van der Waals surface area contributed by atoms with Gasteiger partial charge in [-0.25, -0.2) is 0 Å². The Bertz CT molecular complexity index is 1050. The number of ether oxygens (including phenoxy) is 2. The molecule has 3 saturated heterocycles. The summed E-state index contributed by atoms with van der Waals surface area (Å²) in [7, 11) is 3.25. The van der Waals surface area contributed by atoms with Gasteiger partial charge in [0.15, 0.2) is 0 Å². The van der Waals surface area contributed by atoms with Crippen molar-refractivity contribution in [1.29, 1.82) is 0 Å². The molecule has 3 aliphatic heterocycles. The first-order valence-electron chi connectivity index (χ1n) is 11.2. The van der Waals surface area contributed by atoms with Crippen molar-refractivity contribution in [3.8, 4) is 11.5 Å². The molecular formula is C25H29N3O5. The fourth-order valence-corrected chi connectivity index (χ4v) is 5.39. The lowest BCUT2D eigenvalue weighted by molar-refractivity contribution is -0.181. The van der Waals surface area contributed by atoms with Crippen LogP contribution in [-0.2, 0) is 22.7 Å². The molecule has 0 unspecified atom stereocenters. The van der Waals surface area contributed by atoms with E-state index in [2.05, 4.69) is 4.90 Å². The number of carbonyl (C=O) groups is 2. The molecule has 0 aliphatic carbocycles. The van der Waals surface area contributed by atoms with Crippen LogP contribution in [0.4, 0.5) is 0 Å².